The van der Waals surface area contributed by atoms with Crippen LogP contribution >= 0.6 is 11.6 Å². The SMILES string of the molecule is CC(C)OCC(C)(COC(=O)C(C)(C)OCCCCc1ccc2c3c1C=CC1=CC=CC(=CC2)C13)C(=O)OCCCCl. The van der Waals surface area contributed by atoms with E-state index >= 15 is 0 Å². The van der Waals surface area contributed by atoms with E-state index in [0.29, 0.717) is 24.8 Å². The molecule has 3 aliphatic carbocycles. The Bertz CT molecular complexity index is 1270. The van der Waals surface area contributed by atoms with Crippen molar-refractivity contribution in [3.8, 4) is 0 Å². The van der Waals surface area contributed by atoms with Crippen LogP contribution in [-0.2, 0) is 41.4 Å². The van der Waals surface area contributed by atoms with E-state index in [1.54, 1.807) is 20.8 Å². The summed E-state index contributed by atoms with van der Waals surface area (Å²) in [5.41, 5.74) is 6.11. The fourth-order valence-corrected chi connectivity index (χ4v) is 5.61. The normalized spacial score (nSPS) is 18.2. The summed E-state index contributed by atoms with van der Waals surface area (Å²) in [5, 5.41) is 0. The molecule has 228 valence electrons. The van der Waals surface area contributed by atoms with Gasteiger partial charge >= 0.3 is 11.9 Å². The lowest BCUT2D eigenvalue weighted by atomic mass is 9.70. The van der Waals surface area contributed by atoms with Crippen molar-refractivity contribution in [2.24, 2.45) is 5.41 Å². The summed E-state index contributed by atoms with van der Waals surface area (Å²) in [6, 6.07) is 4.56. The van der Waals surface area contributed by atoms with Gasteiger partial charge in [0.25, 0.3) is 0 Å². The maximum atomic E-state index is 13.0. The quantitative estimate of drug-likeness (QED) is 0.116. The van der Waals surface area contributed by atoms with E-state index < -0.39 is 23.0 Å². The van der Waals surface area contributed by atoms with Crippen LogP contribution in [0.3, 0.4) is 0 Å². The predicted molar refractivity (Wildman–Crippen MR) is 167 cm³/mol. The summed E-state index contributed by atoms with van der Waals surface area (Å²) >= 11 is 5.70. The minimum absolute atomic E-state index is 0.0749. The fraction of sp³-hybridized carbons (Fsp3) is 0.543. The molecular weight excluding hydrogens is 552 g/mol. The third kappa shape index (κ3) is 7.64. The highest BCUT2D eigenvalue weighted by atomic mass is 35.5. The summed E-state index contributed by atoms with van der Waals surface area (Å²) in [7, 11) is 0. The third-order valence-electron chi connectivity index (χ3n) is 8.06. The van der Waals surface area contributed by atoms with Gasteiger partial charge in [-0.1, -0.05) is 48.6 Å². The number of esters is 2. The second-order valence-corrected chi connectivity index (χ2v) is 12.8. The second-order valence-electron chi connectivity index (χ2n) is 12.4. The number of halogens is 1. The largest absolute Gasteiger partial charge is 0.465 e. The van der Waals surface area contributed by atoms with Crippen molar-refractivity contribution in [1.29, 1.82) is 0 Å². The van der Waals surface area contributed by atoms with Crippen molar-refractivity contribution < 1.29 is 28.5 Å². The van der Waals surface area contributed by atoms with E-state index in [0.717, 1.165) is 25.7 Å². The monoisotopic (exact) mass is 596 g/mol. The van der Waals surface area contributed by atoms with Gasteiger partial charge in [-0.25, -0.2) is 4.79 Å². The predicted octanol–water partition coefficient (Wildman–Crippen LogP) is 7.04. The number of ether oxygens (including phenoxy) is 4. The Morgan fingerprint density at radius 1 is 0.952 bits per heavy atom. The highest BCUT2D eigenvalue weighted by molar-refractivity contribution is 6.17. The van der Waals surface area contributed by atoms with E-state index in [9.17, 15) is 9.59 Å². The zero-order valence-corrected chi connectivity index (χ0v) is 26.4. The van der Waals surface area contributed by atoms with Crippen molar-refractivity contribution in [3.05, 3.63) is 75.9 Å². The molecule has 1 aromatic carbocycles. The molecule has 0 saturated heterocycles. The van der Waals surface area contributed by atoms with Crippen LogP contribution in [0.15, 0.2) is 53.7 Å². The zero-order chi connectivity index (χ0) is 30.3. The van der Waals surface area contributed by atoms with Gasteiger partial charge in [-0.05, 0) is 100 Å². The van der Waals surface area contributed by atoms with Gasteiger partial charge in [-0.3, -0.25) is 4.79 Å². The average Bonchev–Trinajstić information content (AvgIpc) is 2.97. The molecule has 2 atom stereocenters. The molecule has 1 aromatic rings. The van der Waals surface area contributed by atoms with Crippen LogP contribution in [0.5, 0.6) is 0 Å². The highest BCUT2D eigenvalue weighted by Gasteiger charge is 2.40. The number of hydrogen-bond acceptors (Lipinski definition) is 6. The summed E-state index contributed by atoms with van der Waals surface area (Å²) in [5.74, 6) is -0.242. The van der Waals surface area contributed by atoms with Crippen LogP contribution in [0, 0.1) is 5.41 Å². The molecule has 0 heterocycles. The smallest absolute Gasteiger partial charge is 0.337 e. The van der Waals surface area contributed by atoms with Gasteiger partial charge in [0.05, 0.1) is 19.3 Å². The van der Waals surface area contributed by atoms with Crippen molar-refractivity contribution in [2.75, 3.05) is 32.3 Å². The summed E-state index contributed by atoms with van der Waals surface area (Å²) in [6.45, 7) is 9.40. The average molecular weight is 597 g/mol. The van der Waals surface area contributed by atoms with Crippen LogP contribution in [0.2, 0.25) is 0 Å². The standard InChI is InChI=1S/C35H45ClO6/c1-24(2)40-22-35(5,33(38)39-20-9-19-36)23-41-32(37)34(3,4)42-21-7-6-10-25-13-14-28-16-15-26-11-8-12-27-17-18-29(25)31(28)30(26)27/h8,11-15,17-18,24,30H,6-7,9-10,16,19-23H2,1-5H3. The molecule has 3 aliphatic rings. The van der Waals surface area contributed by atoms with E-state index in [-0.39, 0.29) is 25.9 Å². The lowest BCUT2D eigenvalue weighted by Crippen LogP contribution is -2.44. The fourth-order valence-electron chi connectivity index (χ4n) is 5.50. The molecule has 0 N–H and O–H groups in total. The first-order valence-electron chi connectivity index (χ1n) is 15.1. The number of hydrogen-bond donors (Lipinski definition) is 0. The number of carbonyl (C=O) groups is 2. The van der Waals surface area contributed by atoms with Gasteiger partial charge in [-0.2, -0.15) is 0 Å². The summed E-state index contributed by atoms with van der Waals surface area (Å²) in [4.78, 5) is 25.8. The molecule has 0 amide bonds. The first-order valence-corrected chi connectivity index (χ1v) is 15.7. The summed E-state index contributed by atoms with van der Waals surface area (Å²) < 4.78 is 22.6. The number of rotatable bonds is 16. The van der Waals surface area contributed by atoms with E-state index in [1.807, 2.05) is 13.8 Å². The molecule has 4 rings (SSSR count). The Morgan fingerprint density at radius 3 is 2.52 bits per heavy atom. The maximum absolute atomic E-state index is 13.0. The minimum atomic E-state index is -1.15. The van der Waals surface area contributed by atoms with Gasteiger partial charge in [0, 0.05) is 18.4 Å². The molecule has 2 unspecified atom stereocenters. The first kappa shape index (κ1) is 32.2. The van der Waals surface area contributed by atoms with Crippen LogP contribution in [0.25, 0.3) is 6.08 Å². The van der Waals surface area contributed by atoms with Crippen LogP contribution in [-0.4, -0.2) is 56.0 Å². The molecule has 7 heteroatoms. The van der Waals surface area contributed by atoms with Crippen LogP contribution in [0.1, 0.15) is 82.1 Å². The minimum Gasteiger partial charge on any atom is -0.465 e. The molecule has 0 saturated carbocycles. The van der Waals surface area contributed by atoms with Crippen molar-refractivity contribution in [1.82, 2.24) is 0 Å². The molecular formula is C35H45ClO6. The maximum Gasteiger partial charge on any atom is 0.337 e. The van der Waals surface area contributed by atoms with E-state index in [2.05, 4.69) is 48.6 Å². The third-order valence-corrected chi connectivity index (χ3v) is 8.32. The Morgan fingerprint density at radius 2 is 1.76 bits per heavy atom. The number of allylic oxidation sites excluding steroid dienone is 7. The van der Waals surface area contributed by atoms with E-state index in [4.69, 9.17) is 30.5 Å². The van der Waals surface area contributed by atoms with Crippen LogP contribution in [0.4, 0.5) is 0 Å². The molecule has 42 heavy (non-hydrogen) atoms. The Balaban J connectivity index is 1.27. The molecule has 0 radical (unpaired) electrons. The van der Waals surface area contributed by atoms with Gasteiger partial charge in [-0.15, -0.1) is 11.6 Å². The number of alkyl halides is 1. The van der Waals surface area contributed by atoms with Crippen LogP contribution < -0.4 is 0 Å². The number of carbonyl (C=O) groups excluding carboxylic acids is 2. The molecule has 6 nitrogen and oxygen atoms in total. The lowest BCUT2D eigenvalue weighted by molar-refractivity contribution is -0.179. The van der Waals surface area contributed by atoms with Crippen molar-refractivity contribution in [3.63, 3.8) is 0 Å². The first-order chi connectivity index (χ1) is 20.1. The Kier molecular flexibility index (Phi) is 10.9. The summed E-state index contributed by atoms with van der Waals surface area (Å²) in [6.07, 6.45) is 17.7. The second kappa shape index (κ2) is 14.2. The number of benzene rings is 1. The Hall–Kier alpha value is -2.67. The molecule has 0 fully saturated rings. The number of aryl methyl sites for hydroxylation is 1. The van der Waals surface area contributed by atoms with Gasteiger partial charge < -0.3 is 18.9 Å². The topological polar surface area (TPSA) is 71.1 Å². The van der Waals surface area contributed by atoms with Gasteiger partial charge in [0.15, 0.2) is 5.60 Å². The van der Waals surface area contributed by atoms with E-state index in [1.165, 1.54) is 33.4 Å². The molecule has 0 aromatic heterocycles. The zero-order valence-electron chi connectivity index (χ0n) is 25.7. The molecule has 0 bridgehead atoms. The highest BCUT2D eigenvalue weighted by Crippen LogP contribution is 2.46. The lowest BCUT2D eigenvalue weighted by Gasteiger charge is -2.34. The number of unbranched alkanes of at least 4 members (excludes halogenated alkanes) is 1. The Labute approximate surface area is 255 Å². The van der Waals surface area contributed by atoms with Crippen molar-refractivity contribution >= 4 is 29.6 Å². The van der Waals surface area contributed by atoms with Gasteiger partial charge in [0.2, 0.25) is 0 Å². The molecule has 0 spiro atoms. The molecule has 0 aliphatic heterocycles. The van der Waals surface area contributed by atoms with Gasteiger partial charge in [0.1, 0.15) is 12.0 Å². The van der Waals surface area contributed by atoms with Crippen molar-refractivity contribution in [2.45, 2.75) is 84.3 Å².